The summed E-state index contributed by atoms with van der Waals surface area (Å²) in [5.41, 5.74) is 8.60. The molecule has 0 atom stereocenters. The molecule has 4 rings (SSSR count). The van der Waals surface area contributed by atoms with Crippen molar-refractivity contribution >= 4 is 34.0 Å². The number of hydrogen-bond donors (Lipinski definition) is 2. The molecule has 0 amide bonds. The van der Waals surface area contributed by atoms with Crippen molar-refractivity contribution in [2.24, 2.45) is 0 Å². The van der Waals surface area contributed by atoms with E-state index in [9.17, 15) is 0 Å². The van der Waals surface area contributed by atoms with Crippen molar-refractivity contribution in [3.05, 3.63) is 82.9 Å². The number of anilines is 4. The first-order valence-corrected chi connectivity index (χ1v) is 9.45. The van der Waals surface area contributed by atoms with Gasteiger partial charge in [-0.15, -0.1) is 0 Å². The Hall–Kier alpha value is -3.40. The summed E-state index contributed by atoms with van der Waals surface area (Å²) in [6.07, 6.45) is 0. The first-order valence-electron chi connectivity index (χ1n) is 9.45. The maximum Gasteiger partial charge on any atom is 0.174 e. The first-order chi connectivity index (χ1) is 13.5. The number of nitrogens with zero attached hydrogens (tertiary/aromatic N) is 2. The van der Waals surface area contributed by atoms with Crippen LogP contribution in [0, 0.1) is 27.7 Å². The number of aromatic nitrogens is 2. The van der Waals surface area contributed by atoms with Gasteiger partial charge >= 0.3 is 0 Å². The fraction of sp³-hybridized carbons (Fsp3) is 0.167. The molecule has 0 radical (unpaired) electrons. The fourth-order valence-electron chi connectivity index (χ4n) is 3.34. The number of nitrogens with one attached hydrogen (secondary N) is 2. The van der Waals surface area contributed by atoms with Crippen LogP contribution in [0.1, 0.15) is 22.3 Å². The molecule has 1 aromatic heterocycles. The van der Waals surface area contributed by atoms with E-state index in [4.69, 9.17) is 9.97 Å². The highest BCUT2D eigenvalue weighted by Crippen LogP contribution is 2.30. The standard InChI is InChI=1S/C24H24N4/c1-15-9-11-19(17(3)13-15)25-23-24(26-20-12-10-16(2)14-18(20)4)28-22-8-6-5-7-21(22)27-23/h5-14H,1-4H3,(H,25,27)(H,26,28). The molecule has 0 aliphatic carbocycles. The van der Waals surface area contributed by atoms with Gasteiger partial charge in [-0.05, 0) is 63.1 Å². The highest BCUT2D eigenvalue weighted by atomic mass is 15.1. The second kappa shape index (κ2) is 7.31. The fourth-order valence-corrected chi connectivity index (χ4v) is 3.34. The van der Waals surface area contributed by atoms with Gasteiger partial charge in [0.15, 0.2) is 11.6 Å². The Morgan fingerprint density at radius 2 is 1.00 bits per heavy atom. The van der Waals surface area contributed by atoms with Crippen LogP contribution in [0.2, 0.25) is 0 Å². The lowest BCUT2D eigenvalue weighted by Gasteiger charge is -2.16. The van der Waals surface area contributed by atoms with Crippen LogP contribution < -0.4 is 10.6 Å². The molecule has 0 saturated heterocycles. The van der Waals surface area contributed by atoms with Gasteiger partial charge in [-0.25, -0.2) is 9.97 Å². The lowest BCUT2D eigenvalue weighted by atomic mass is 10.1. The topological polar surface area (TPSA) is 49.8 Å². The van der Waals surface area contributed by atoms with Crippen molar-refractivity contribution in [1.82, 2.24) is 9.97 Å². The van der Waals surface area contributed by atoms with Crippen LogP contribution in [0.15, 0.2) is 60.7 Å². The van der Waals surface area contributed by atoms with Gasteiger partial charge in [-0.3, -0.25) is 0 Å². The number of rotatable bonds is 4. The van der Waals surface area contributed by atoms with Crippen LogP contribution in [-0.4, -0.2) is 9.97 Å². The minimum atomic E-state index is 0.714. The zero-order valence-corrected chi connectivity index (χ0v) is 16.7. The van der Waals surface area contributed by atoms with Gasteiger partial charge in [0.05, 0.1) is 11.0 Å². The van der Waals surface area contributed by atoms with Gasteiger partial charge in [0, 0.05) is 11.4 Å². The number of benzene rings is 3. The molecule has 3 aromatic carbocycles. The zero-order valence-electron chi connectivity index (χ0n) is 16.7. The average Bonchev–Trinajstić information content (AvgIpc) is 2.66. The lowest BCUT2D eigenvalue weighted by molar-refractivity contribution is 1.25. The van der Waals surface area contributed by atoms with E-state index in [0.29, 0.717) is 11.6 Å². The molecule has 28 heavy (non-hydrogen) atoms. The van der Waals surface area contributed by atoms with Crippen molar-refractivity contribution in [2.75, 3.05) is 10.6 Å². The molecule has 0 unspecified atom stereocenters. The molecule has 0 spiro atoms. The van der Waals surface area contributed by atoms with Crippen molar-refractivity contribution in [3.63, 3.8) is 0 Å². The van der Waals surface area contributed by atoms with Gasteiger partial charge in [0.1, 0.15) is 0 Å². The van der Waals surface area contributed by atoms with Crippen molar-refractivity contribution in [3.8, 4) is 0 Å². The third-order valence-electron chi connectivity index (χ3n) is 4.84. The Kier molecular flexibility index (Phi) is 4.70. The van der Waals surface area contributed by atoms with E-state index in [-0.39, 0.29) is 0 Å². The maximum absolute atomic E-state index is 4.84. The van der Waals surface area contributed by atoms with E-state index in [1.165, 1.54) is 22.3 Å². The summed E-state index contributed by atoms with van der Waals surface area (Å²) in [4.78, 5) is 9.68. The molecule has 0 bridgehead atoms. The molecule has 4 aromatic rings. The average molecular weight is 368 g/mol. The molecule has 4 heteroatoms. The van der Waals surface area contributed by atoms with Crippen LogP contribution in [0.4, 0.5) is 23.0 Å². The van der Waals surface area contributed by atoms with Crippen LogP contribution in [0.3, 0.4) is 0 Å². The minimum Gasteiger partial charge on any atom is -0.337 e. The normalized spacial score (nSPS) is 10.9. The largest absolute Gasteiger partial charge is 0.337 e. The van der Waals surface area contributed by atoms with Crippen LogP contribution >= 0.6 is 0 Å². The monoisotopic (exact) mass is 368 g/mol. The summed E-state index contributed by atoms with van der Waals surface area (Å²) >= 11 is 0. The number of hydrogen-bond acceptors (Lipinski definition) is 4. The van der Waals surface area contributed by atoms with E-state index in [2.05, 4.69) is 74.7 Å². The molecule has 0 aliphatic heterocycles. The Morgan fingerprint density at radius 3 is 1.39 bits per heavy atom. The Balaban J connectivity index is 1.80. The SMILES string of the molecule is Cc1ccc(Nc2nc3ccccc3nc2Nc2ccc(C)cc2C)c(C)c1. The summed E-state index contributed by atoms with van der Waals surface area (Å²) in [5, 5.41) is 6.95. The van der Waals surface area contributed by atoms with Crippen molar-refractivity contribution in [2.45, 2.75) is 27.7 Å². The number of fused-ring (bicyclic) bond motifs is 1. The number of aryl methyl sites for hydroxylation is 4. The predicted molar refractivity (Wildman–Crippen MR) is 118 cm³/mol. The van der Waals surface area contributed by atoms with E-state index < -0.39 is 0 Å². The molecule has 2 N–H and O–H groups in total. The van der Waals surface area contributed by atoms with E-state index >= 15 is 0 Å². The molecular weight excluding hydrogens is 344 g/mol. The summed E-state index contributed by atoms with van der Waals surface area (Å²) in [6.45, 7) is 8.39. The van der Waals surface area contributed by atoms with E-state index in [1.54, 1.807) is 0 Å². The lowest BCUT2D eigenvalue weighted by Crippen LogP contribution is -2.05. The molecule has 4 nitrogen and oxygen atoms in total. The van der Waals surface area contributed by atoms with Crippen molar-refractivity contribution < 1.29 is 0 Å². The second-order valence-corrected chi connectivity index (χ2v) is 7.30. The van der Waals surface area contributed by atoms with Crippen LogP contribution in [-0.2, 0) is 0 Å². The molecule has 0 aliphatic rings. The van der Waals surface area contributed by atoms with Crippen LogP contribution in [0.25, 0.3) is 11.0 Å². The Bertz CT molecular complexity index is 1070. The summed E-state index contributed by atoms with van der Waals surface area (Å²) in [7, 11) is 0. The summed E-state index contributed by atoms with van der Waals surface area (Å²) in [6, 6.07) is 20.6. The van der Waals surface area contributed by atoms with Gasteiger partial charge < -0.3 is 10.6 Å². The summed E-state index contributed by atoms with van der Waals surface area (Å²) < 4.78 is 0. The molecule has 0 saturated carbocycles. The third kappa shape index (κ3) is 3.67. The molecule has 140 valence electrons. The van der Waals surface area contributed by atoms with Gasteiger partial charge in [-0.2, -0.15) is 0 Å². The molecular formula is C24H24N4. The maximum atomic E-state index is 4.84. The Morgan fingerprint density at radius 1 is 0.571 bits per heavy atom. The minimum absolute atomic E-state index is 0.714. The molecule has 0 fully saturated rings. The zero-order chi connectivity index (χ0) is 19.7. The van der Waals surface area contributed by atoms with Gasteiger partial charge in [0.25, 0.3) is 0 Å². The van der Waals surface area contributed by atoms with Crippen molar-refractivity contribution in [1.29, 1.82) is 0 Å². The number of para-hydroxylation sites is 2. The third-order valence-corrected chi connectivity index (χ3v) is 4.84. The Labute approximate surface area is 165 Å². The van der Waals surface area contributed by atoms with Gasteiger partial charge in [-0.1, -0.05) is 47.5 Å². The van der Waals surface area contributed by atoms with E-state index in [1.807, 2.05) is 24.3 Å². The smallest absolute Gasteiger partial charge is 0.174 e. The highest BCUT2D eigenvalue weighted by Gasteiger charge is 2.12. The van der Waals surface area contributed by atoms with E-state index in [0.717, 1.165) is 22.4 Å². The molecule has 1 heterocycles. The van der Waals surface area contributed by atoms with Crippen LogP contribution in [0.5, 0.6) is 0 Å². The quantitative estimate of drug-likeness (QED) is 0.440. The van der Waals surface area contributed by atoms with Gasteiger partial charge in [0.2, 0.25) is 0 Å². The highest BCUT2D eigenvalue weighted by molar-refractivity contribution is 5.84. The predicted octanol–water partition coefficient (Wildman–Crippen LogP) is 6.35. The summed E-state index contributed by atoms with van der Waals surface area (Å²) in [5.74, 6) is 1.43. The second-order valence-electron chi connectivity index (χ2n) is 7.30. The first kappa shape index (κ1) is 18.0.